The molecule has 1 amide bonds. The maximum absolute atomic E-state index is 12.0. The van der Waals surface area contributed by atoms with E-state index in [0.29, 0.717) is 42.6 Å². The van der Waals surface area contributed by atoms with Crippen molar-refractivity contribution in [3.05, 3.63) is 95.4 Å². The predicted octanol–water partition coefficient (Wildman–Crippen LogP) is 6.72. The third kappa shape index (κ3) is 8.60. The van der Waals surface area contributed by atoms with E-state index < -0.39 is 12.1 Å². The number of benzene rings is 3. The van der Waals surface area contributed by atoms with Crippen molar-refractivity contribution >= 4 is 12.1 Å². The van der Waals surface area contributed by atoms with Crippen molar-refractivity contribution in [2.45, 2.75) is 52.7 Å². The van der Waals surface area contributed by atoms with E-state index in [2.05, 4.69) is 5.32 Å². The number of carboxylic acid groups (broad SMARTS) is 1. The molecule has 0 unspecified atom stereocenters. The van der Waals surface area contributed by atoms with E-state index >= 15 is 0 Å². The molecule has 0 aliphatic carbocycles. The van der Waals surface area contributed by atoms with Gasteiger partial charge in [0, 0.05) is 19.4 Å². The van der Waals surface area contributed by atoms with Crippen LogP contribution in [0.1, 0.15) is 42.8 Å². The summed E-state index contributed by atoms with van der Waals surface area (Å²) in [5, 5.41) is 11.8. The lowest BCUT2D eigenvalue weighted by atomic mass is 10.0. The molecule has 9 heteroatoms. The number of hydrogen-bond donors (Lipinski definition) is 2. The number of carbonyl (C=O) groups is 2. The lowest BCUT2D eigenvalue weighted by molar-refractivity contribution is -0.136. The predicted molar refractivity (Wildman–Crippen MR) is 153 cm³/mol. The quantitative estimate of drug-likeness (QED) is 0.186. The standard InChI is InChI=1S/C32H34N2O7/c1-21(2)39-32(37)33-20-24-19-26(15-13-23(24)14-16-30(35)36)38-18-17-28-22(3)40-31(34-28)27-11-7-8-12-29(27)41-25-9-5-4-6-10-25/h4-13,15,19,21H,14,16-18,20H2,1-3H3,(H,33,37)(H,35,36). The summed E-state index contributed by atoms with van der Waals surface area (Å²) in [5.41, 5.74) is 3.10. The first-order valence-corrected chi connectivity index (χ1v) is 13.5. The first kappa shape index (κ1) is 29.2. The summed E-state index contributed by atoms with van der Waals surface area (Å²) in [5.74, 6) is 2.23. The number of amides is 1. The molecule has 0 saturated carbocycles. The summed E-state index contributed by atoms with van der Waals surface area (Å²) >= 11 is 0. The number of aryl methyl sites for hydroxylation is 2. The molecule has 2 N–H and O–H groups in total. The molecule has 214 valence electrons. The van der Waals surface area contributed by atoms with Crippen LogP contribution in [0.5, 0.6) is 17.2 Å². The zero-order valence-electron chi connectivity index (χ0n) is 23.4. The van der Waals surface area contributed by atoms with Crippen molar-refractivity contribution in [3.63, 3.8) is 0 Å². The lowest BCUT2D eigenvalue weighted by Crippen LogP contribution is -2.26. The van der Waals surface area contributed by atoms with Crippen molar-refractivity contribution in [1.82, 2.24) is 10.3 Å². The van der Waals surface area contributed by atoms with Crippen LogP contribution in [-0.4, -0.2) is 34.9 Å². The van der Waals surface area contributed by atoms with Gasteiger partial charge in [-0.05, 0) is 74.7 Å². The zero-order valence-corrected chi connectivity index (χ0v) is 23.4. The number of ether oxygens (including phenoxy) is 3. The minimum absolute atomic E-state index is 0.0169. The number of carbonyl (C=O) groups excluding carboxylic acids is 1. The van der Waals surface area contributed by atoms with Gasteiger partial charge in [-0.1, -0.05) is 36.4 Å². The van der Waals surface area contributed by atoms with Gasteiger partial charge in [0.15, 0.2) is 0 Å². The third-order valence-electron chi connectivity index (χ3n) is 6.14. The van der Waals surface area contributed by atoms with Gasteiger partial charge in [-0.25, -0.2) is 9.78 Å². The van der Waals surface area contributed by atoms with E-state index in [0.717, 1.165) is 28.1 Å². The highest BCUT2D eigenvalue weighted by molar-refractivity contribution is 5.68. The van der Waals surface area contributed by atoms with E-state index in [9.17, 15) is 9.59 Å². The molecule has 41 heavy (non-hydrogen) atoms. The second-order valence-electron chi connectivity index (χ2n) is 9.66. The van der Waals surface area contributed by atoms with E-state index in [1.807, 2.05) is 73.7 Å². The SMILES string of the molecule is Cc1oc(-c2ccccc2Oc2ccccc2)nc1CCOc1ccc(CCC(=O)O)c(CNC(=O)OC(C)C)c1. The molecule has 1 aromatic heterocycles. The maximum Gasteiger partial charge on any atom is 0.407 e. The Hall–Kier alpha value is -4.79. The fourth-order valence-electron chi connectivity index (χ4n) is 4.15. The highest BCUT2D eigenvalue weighted by Crippen LogP contribution is 2.33. The number of rotatable bonds is 13. The van der Waals surface area contributed by atoms with Gasteiger partial charge in [-0.3, -0.25) is 4.79 Å². The van der Waals surface area contributed by atoms with E-state index in [4.69, 9.17) is 28.7 Å². The van der Waals surface area contributed by atoms with Crippen LogP contribution < -0.4 is 14.8 Å². The van der Waals surface area contributed by atoms with Crippen molar-refractivity contribution in [1.29, 1.82) is 0 Å². The summed E-state index contributed by atoms with van der Waals surface area (Å²) in [6, 6.07) is 22.5. The maximum atomic E-state index is 12.0. The van der Waals surface area contributed by atoms with Crippen molar-refractivity contribution in [3.8, 4) is 28.7 Å². The summed E-state index contributed by atoms with van der Waals surface area (Å²) in [7, 11) is 0. The van der Waals surface area contributed by atoms with Crippen molar-refractivity contribution in [2.24, 2.45) is 0 Å². The van der Waals surface area contributed by atoms with Crippen LogP contribution in [0, 0.1) is 6.92 Å². The summed E-state index contributed by atoms with van der Waals surface area (Å²) in [4.78, 5) is 27.8. The number of aliphatic carboxylic acids is 1. The molecular formula is C32H34N2O7. The second kappa shape index (κ2) is 14.0. The number of carboxylic acids is 1. The topological polar surface area (TPSA) is 120 Å². The summed E-state index contributed by atoms with van der Waals surface area (Å²) < 4.78 is 23.2. The van der Waals surface area contributed by atoms with E-state index in [-0.39, 0.29) is 19.1 Å². The van der Waals surface area contributed by atoms with Gasteiger partial charge >= 0.3 is 12.1 Å². The van der Waals surface area contributed by atoms with Gasteiger partial charge in [-0.15, -0.1) is 0 Å². The van der Waals surface area contributed by atoms with E-state index in [1.165, 1.54) is 0 Å². The first-order valence-electron chi connectivity index (χ1n) is 13.5. The number of nitrogens with one attached hydrogen (secondary N) is 1. The van der Waals surface area contributed by atoms with Crippen LogP contribution in [0.2, 0.25) is 0 Å². The second-order valence-corrected chi connectivity index (χ2v) is 9.66. The molecule has 0 aliphatic rings. The lowest BCUT2D eigenvalue weighted by Gasteiger charge is -2.14. The molecule has 9 nitrogen and oxygen atoms in total. The molecular weight excluding hydrogens is 524 g/mol. The Bertz CT molecular complexity index is 1460. The fraction of sp³-hybridized carbons (Fsp3) is 0.281. The molecule has 0 bridgehead atoms. The Morgan fingerprint density at radius 1 is 0.951 bits per heavy atom. The van der Waals surface area contributed by atoms with Crippen molar-refractivity contribution in [2.75, 3.05) is 6.61 Å². The highest BCUT2D eigenvalue weighted by Gasteiger charge is 2.16. The Morgan fingerprint density at radius 3 is 2.46 bits per heavy atom. The minimum atomic E-state index is -0.889. The van der Waals surface area contributed by atoms with Gasteiger partial charge in [-0.2, -0.15) is 0 Å². The van der Waals surface area contributed by atoms with Gasteiger partial charge < -0.3 is 29.1 Å². The highest BCUT2D eigenvalue weighted by atomic mass is 16.6. The number of hydrogen-bond acceptors (Lipinski definition) is 7. The van der Waals surface area contributed by atoms with Crippen LogP contribution in [0.4, 0.5) is 4.79 Å². The van der Waals surface area contributed by atoms with Gasteiger partial charge in [0.1, 0.15) is 23.0 Å². The monoisotopic (exact) mass is 558 g/mol. The Kier molecular flexibility index (Phi) is 9.99. The van der Waals surface area contributed by atoms with Crippen LogP contribution >= 0.6 is 0 Å². The van der Waals surface area contributed by atoms with Crippen molar-refractivity contribution < 1.29 is 33.3 Å². The smallest absolute Gasteiger partial charge is 0.407 e. The molecule has 0 aliphatic heterocycles. The molecule has 0 radical (unpaired) electrons. The number of nitrogens with zero attached hydrogens (tertiary/aromatic N) is 1. The Balaban J connectivity index is 1.42. The normalized spacial score (nSPS) is 10.8. The first-order chi connectivity index (χ1) is 19.8. The average molecular weight is 559 g/mol. The summed E-state index contributed by atoms with van der Waals surface area (Å²) in [6.07, 6.45) is 0.0377. The number of alkyl carbamates (subject to hydrolysis) is 1. The minimum Gasteiger partial charge on any atom is -0.493 e. The largest absolute Gasteiger partial charge is 0.493 e. The molecule has 0 saturated heterocycles. The molecule has 4 rings (SSSR count). The molecule has 4 aromatic rings. The third-order valence-corrected chi connectivity index (χ3v) is 6.14. The Labute approximate surface area is 239 Å². The van der Waals surface area contributed by atoms with Crippen LogP contribution in [-0.2, 0) is 28.9 Å². The fourth-order valence-corrected chi connectivity index (χ4v) is 4.15. The van der Waals surface area contributed by atoms with Crippen LogP contribution in [0.15, 0.2) is 77.2 Å². The van der Waals surface area contributed by atoms with Crippen LogP contribution in [0.3, 0.4) is 0 Å². The molecule has 0 atom stereocenters. The van der Waals surface area contributed by atoms with Crippen LogP contribution in [0.25, 0.3) is 11.5 Å². The Morgan fingerprint density at radius 2 is 1.71 bits per heavy atom. The zero-order chi connectivity index (χ0) is 29.2. The van der Waals surface area contributed by atoms with Gasteiger partial charge in [0.05, 0.1) is 24.0 Å². The number of oxazole rings is 1. The average Bonchev–Trinajstić information content (AvgIpc) is 3.31. The van der Waals surface area contributed by atoms with Gasteiger partial charge in [0.25, 0.3) is 0 Å². The molecule has 0 spiro atoms. The van der Waals surface area contributed by atoms with Gasteiger partial charge in [0.2, 0.25) is 5.89 Å². The number of para-hydroxylation sites is 2. The molecule has 3 aromatic carbocycles. The molecule has 1 heterocycles. The molecule has 0 fully saturated rings. The van der Waals surface area contributed by atoms with E-state index in [1.54, 1.807) is 19.9 Å². The summed E-state index contributed by atoms with van der Waals surface area (Å²) in [6.45, 7) is 5.93. The number of aromatic nitrogens is 1.